The van der Waals surface area contributed by atoms with Crippen LogP contribution < -0.4 is 10.6 Å². The minimum atomic E-state index is -3.23. The third-order valence-corrected chi connectivity index (χ3v) is 6.43. The third-order valence-electron chi connectivity index (χ3n) is 4.89. The number of nitrogens with one attached hydrogen (secondary N) is 2. The van der Waals surface area contributed by atoms with Gasteiger partial charge in [0.25, 0.3) is 17.7 Å². The molecule has 9 nitrogen and oxygen atoms in total. The predicted molar refractivity (Wildman–Crippen MR) is 137 cm³/mol. The summed E-state index contributed by atoms with van der Waals surface area (Å²) >= 11 is 6.90. The predicted octanol–water partition coefficient (Wildman–Crippen LogP) is 4.89. The molecule has 0 aromatic carbocycles. The highest BCUT2D eigenvalue weighted by molar-refractivity contribution is 7.13. The molecule has 1 unspecified atom stereocenters. The summed E-state index contributed by atoms with van der Waals surface area (Å²) in [5, 5.41) is 9.83. The molecular weight excluding hydrogens is 524 g/mol. The molecular formula is C24H24ClF2N7O2S. The maximum Gasteiger partial charge on any atom is 0.272 e. The first-order valence-electron chi connectivity index (χ1n) is 10.9. The van der Waals surface area contributed by atoms with Gasteiger partial charge in [0, 0.05) is 35.5 Å². The van der Waals surface area contributed by atoms with E-state index in [0.29, 0.717) is 17.7 Å². The van der Waals surface area contributed by atoms with Gasteiger partial charge in [-0.25, -0.2) is 28.4 Å². The molecule has 1 atom stereocenters. The summed E-state index contributed by atoms with van der Waals surface area (Å²) in [5.41, 5.74) is 0.618. The number of amides is 2. The van der Waals surface area contributed by atoms with E-state index in [4.69, 9.17) is 11.6 Å². The molecule has 0 saturated carbocycles. The molecule has 3 aromatic rings. The quantitative estimate of drug-likeness (QED) is 0.369. The van der Waals surface area contributed by atoms with Gasteiger partial charge < -0.3 is 10.6 Å². The highest BCUT2D eigenvalue weighted by Gasteiger charge is 2.28. The van der Waals surface area contributed by atoms with E-state index in [2.05, 4.69) is 37.3 Å². The van der Waals surface area contributed by atoms with Crippen molar-refractivity contribution in [1.82, 2.24) is 35.4 Å². The average Bonchev–Trinajstić information content (AvgIpc) is 3.51. The fourth-order valence-electron chi connectivity index (χ4n) is 3.07. The molecule has 13 heteroatoms. The normalized spacial score (nSPS) is 13.5. The first kappa shape index (κ1) is 27.8. The molecule has 0 saturated heterocycles. The molecule has 0 aliphatic heterocycles. The molecule has 37 heavy (non-hydrogen) atoms. The minimum absolute atomic E-state index is 0.134. The Labute approximate surface area is 221 Å². The first-order chi connectivity index (χ1) is 17.4. The van der Waals surface area contributed by atoms with Crippen LogP contribution in [-0.4, -0.2) is 42.5 Å². The van der Waals surface area contributed by atoms with E-state index in [9.17, 15) is 18.4 Å². The lowest BCUT2D eigenvalue weighted by Crippen LogP contribution is -2.27. The molecule has 0 aliphatic carbocycles. The average molecular weight is 548 g/mol. The Bertz CT molecular complexity index is 1390. The zero-order valence-electron chi connectivity index (χ0n) is 20.4. The number of thiazole rings is 1. The maximum absolute atomic E-state index is 13.9. The van der Waals surface area contributed by atoms with Crippen molar-refractivity contribution < 1.29 is 18.4 Å². The molecule has 0 aliphatic rings. The summed E-state index contributed by atoms with van der Waals surface area (Å²) < 4.78 is 29.3. The van der Waals surface area contributed by atoms with Gasteiger partial charge in [-0.1, -0.05) is 24.3 Å². The maximum atomic E-state index is 13.9. The van der Waals surface area contributed by atoms with Gasteiger partial charge in [-0.15, -0.1) is 11.3 Å². The molecule has 0 spiro atoms. The van der Waals surface area contributed by atoms with E-state index < -0.39 is 29.4 Å². The van der Waals surface area contributed by atoms with Crippen LogP contribution in [0.3, 0.4) is 0 Å². The monoisotopic (exact) mass is 547 g/mol. The number of alkyl halides is 2. The van der Waals surface area contributed by atoms with Gasteiger partial charge in [-0.05, 0) is 32.9 Å². The number of halogens is 3. The fraction of sp³-hybridized carbons (Fsp3) is 0.250. The number of carbonyl (C=O) groups is 2. The van der Waals surface area contributed by atoms with Gasteiger partial charge in [0.15, 0.2) is 5.82 Å². The van der Waals surface area contributed by atoms with Crippen LogP contribution >= 0.6 is 22.9 Å². The number of nitrogens with zero attached hydrogens (tertiary/aromatic N) is 5. The van der Waals surface area contributed by atoms with Crippen molar-refractivity contribution in [1.29, 1.82) is 0 Å². The largest absolute Gasteiger partial charge is 0.342 e. The van der Waals surface area contributed by atoms with Crippen LogP contribution in [0.25, 0.3) is 5.82 Å². The minimum Gasteiger partial charge on any atom is -0.342 e. The lowest BCUT2D eigenvalue weighted by Gasteiger charge is -2.14. The summed E-state index contributed by atoms with van der Waals surface area (Å²) in [6.45, 7) is 9.11. The Morgan fingerprint density at radius 2 is 2.00 bits per heavy atom. The molecule has 3 aromatic heterocycles. The van der Waals surface area contributed by atoms with Crippen LogP contribution in [0.15, 0.2) is 65.9 Å². The van der Waals surface area contributed by atoms with Crippen molar-refractivity contribution in [3.05, 3.63) is 87.2 Å². The van der Waals surface area contributed by atoms with Crippen molar-refractivity contribution in [3.8, 4) is 5.82 Å². The Morgan fingerprint density at radius 1 is 1.27 bits per heavy atom. The number of aromatic nitrogens is 5. The summed E-state index contributed by atoms with van der Waals surface area (Å²) in [5.74, 6) is -3.80. The van der Waals surface area contributed by atoms with Gasteiger partial charge in [0.05, 0.1) is 17.9 Å². The number of rotatable bonds is 9. The second kappa shape index (κ2) is 11.5. The number of carbonyl (C=O) groups excluding carboxylic acids is 2. The van der Waals surface area contributed by atoms with Gasteiger partial charge in [-0.2, -0.15) is 5.10 Å². The standard InChI is InChI=1S/C24H24ClF2N7O2S/c1-6-17(25)16(24(5,26)27)9-14(3)31-22(36)19-11-28-23(37-19)15(4)32-21(35)18-10-20(30-12-29-18)34-8-7-13(2)33-34/h6-12,15H,1H2,2-5H3,(H,31,36)(H,32,35)/b14-9+,17-16-. The molecule has 0 fully saturated rings. The lowest BCUT2D eigenvalue weighted by molar-refractivity contribution is 0.0669. The first-order valence-corrected chi connectivity index (χ1v) is 12.1. The number of hydrogen-bond acceptors (Lipinski definition) is 7. The second-order valence-corrected chi connectivity index (χ2v) is 9.53. The van der Waals surface area contributed by atoms with Crippen molar-refractivity contribution in [2.75, 3.05) is 0 Å². The molecule has 0 bridgehead atoms. The highest BCUT2D eigenvalue weighted by atomic mass is 35.5. The summed E-state index contributed by atoms with van der Waals surface area (Å²) in [6.07, 6.45) is 6.53. The van der Waals surface area contributed by atoms with Crippen LogP contribution in [0.4, 0.5) is 8.78 Å². The smallest absolute Gasteiger partial charge is 0.272 e. The van der Waals surface area contributed by atoms with Gasteiger partial charge in [0.1, 0.15) is 21.9 Å². The Morgan fingerprint density at radius 3 is 2.62 bits per heavy atom. The molecule has 2 amide bonds. The van der Waals surface area contributed by atoms with Crippen LogP contribution in [0, 0.1) is 6.92 Å². The van der Waals surface area contributed by atoms with Crippen molar-refractivity contribution in [2.24, 2.45) is 0 Å². The summed E-state index contributed by atoms with van der Waals surface area (Å²) in [4.78, 5) is 38.0. The molecule has 3 heterocycles. The zero-order chi connectivity index (χ0) is 27.3. The number of allylic oxidation sites excluding steroid dienone is 5. The van der Waals surface area contributed by atoms with Crippen molar-refractivity contribution in [3.63, 3.8) is 0 Å². The zero-order valence-corrected chi connectivity index (χ0v) is 22.0. The molecule has 194 valence electrons. The van der Waals surface area contributed by atoms with Crippen molar-refractivity contribution >= 4 is 34.8 Å². The Kier molecular flexibility index (Phi) is 8.66. The van der Waals surface area contributed by atoms with E-state index in [0.717, 1.165) is 29.2 Å². The molecule has 0 radical (unpaired) electrons. The van der Waals surface area contributed by atoms with E-state index in [1.807, 2.05) is 13.0 Å². The van der Waals surface area contributed by atoms with Crippen LogP contribution in [0.1, 0.15) is 57.7 Å². The van der Waals surface area contributed by atoms with Gasteiger partial charge >= 0.3 is 0 Å². The lowest BCUT2D eigenvalue weighted by atomic mass is 10.1. The third kappa shape index (κ3) is 7.14. The Balaban J connectivity index is 1.68. The van der Waals surface area contributed by atoms with E-state index in [1.54, 1.807) is 13.1 Å². The number of hydrogen-bond donors (Lipinski definition) is 2. The fourth-order valence-corrected chi connectivity index (χ4v) is 4.11. The van der Waals surface area contributed by atoms with E-state index in [1.165, 1.54) is 30.2 Å². The number of aryl methyl sites for hydroxylation is 1. The highest BCUT2D eigenvalue weighted by Crippen LogP contribution is 2.30. The van der Waals surface area contributed by atoms with E-state index in [-0.39, 0.29) is 21.3 Å². The van der Waals surface area contributed by atoms with Crippen molar-refractivity contribution in [2.45, 2.75) is 39.7 Å². The van der Waals surface area contributed by atoms with Crippen LogP contribution in [0.5, 0.6) is 0 Å². The van der Waals surface area contributed by atoms with Crippen LogP contribution in [0.2, 0.25) is 0 Å². The second-order valence-electron chi connectivity index (χ2n) is 8.06. The topological polar surface area (TPSA) is 115 Å². The SMILES string of the molecule is C=C/C(Cl)=C(\C=C(/C)NC(=O)c1cnc(C(C)NC(=O)c2cc(-n3ccc(C)n3)ncn2)s1)C(C)(F)F. The molecule has 3 rings (SSSR count). The van der Waals surface area contributed by atoms with Crippen LogP contribution in [-0.2, 0) is 0 Å². The van der Waals surface area contributed by atoms with Gasteiger partial charge in [0.2, 0.25) is 0 Å². The van der Waals surface area contributed by atoms with E-state index >= 15 is 0 Å². The Hall–Kier alpha value is -3.77. The summed E-state index contributed by atoms with van der Waals surface area (Å²) in [7, 11) is 0. The summed E-state index contributed by atoms with van der Waals surface area (Å²) in [6, 6.07) is 2.77. The molecule has 2 N–H and O–H groups in total. The van der Waals surface area contributed by atoms with Gasteiger partial charge in [-0.3, -0.25) is 9.59 Å².